The average Bonchev–Trinajstić information content (AvgIpc) is 2.97. The van der Waals surface area contributed by atoms with Crippen molar-refractivity contribution >= 4 is 16.9 Å². The van der Waals surface area contributed by atoms with Crippen molar-refractivity contribution in [3.8, 4) is 0 Å². The summed E-state index contributed by atoms with van der Waals surface area (Å²) in [6.45, 7) is 1.90. The lowest BCUT2D eigenvalue weighted by Gasteiger charge is -2.24. The summed E-state index contributed by atoms with van der Waals surface area (Å²) < 4.78 is 18.6. The Kier molecular flexibility index (Phi) is 3.67. The first kappa shape index (κ1) is 14.3. The Morgan fingerprint density at radius 2 is 1.82 bits per heavy atom. The van der Waals surface area contributed by atoms with Crippen molar-refractivity contribution in [2.75, 3.05) is 7.05 Å². The standard InChI is InChI=1S/C18H16FNO2/c1-12(13-7-9-15(19)10-8-13)20(2)18(21)17-11-14-5-3-4-6-16(14)22-17/h3-12H,1-2H3. The van der Waals surface area contributed by atoms with Crippen LogP contribution < -0.4 is 0 Å². The number of carbonyl (C=O) groups is 1. The number of amides is 1. The number of benzene rings is 2. The number of hydrogen-bond donors (Lipinski definition) is 0. The second-order valence-corrected chi connectivity index (χ2v) is 5.29. The lowest BCUT2D eigenvalue weighted by molar-refractivity contribution is 0.0713. The molecule has 1 unspecified atom stereocenters. The molecule has 0 aliphatic rings. The molecule has 1 atom stereocenters. The molecular formula is C18H16FNO2. The topological polar surface area (TPSA) is 33.5 Å². The summed E-state index contributed by atoms with van der Waals surface area (Å²) in [5, 5.41) is 0.897. The van der Waals surface area contributed by atoms with Gasteiger partial charge in [-0.25, -0.2) is 4.39 Å². The monoisotopic (exact) mass is 297 g/mol. The highest BCUT2D eigenvalue weighted by atomic mass is 19.1. The van der Waals surface area contributed by atoms with Gasteiger partial charge in [0.05, 0.1) is 6.04 Å². The summed E-state index contributed by atoms with van der Waals surface area (Å²) in [7, 11) is 1.71. The van der Waals surface area contributed by atoms with Gasteiger partial charge in [-0.1, -0.05) is 30.3 Å². The Morgan fingerprint density at radius 3 is 2.50 bits per heavy atom. The molecule has 3 rings (SSSR count). The molecule has 0 saturated heterocycles. The van der Waals surface area contributed by atoms with Gasteiger partial charge in [0.2, 0.25) is 0 Å². The third kappa shape index (κ3) is 2.60. The fraction of sp³-hybridized carbons (Fsp3) is 0.167. The van der Waals surface area contributed by atoms with Crippen LogP contribution in [0, 0.1) is 5.82 Å². The SMILES string of the molecule is CC(c1ccc(F)cc1)N(C)C(=O)c1cc2ccccc2o1. The zero-order valence-electron chi connectivity index (χ0n) is 12.4. The van der Waals surface area contributed by atoms with Gasteiger partial charge in [-0.05, 0) is 36.8 Å². The van der Waals surface area contributed by atoms with Crippen molar-refractivity contribution in [2.24, 2.45) is 0 Å². The predicted molar refractivity (Wildman–Crippen MR) is 83.1 cm³/mol. The lowest BCUT2D eigenvalue weighted by atomic mass is 10.1. The third-order valence-electron chi connectivity index (χ3n) is 3.89. The summed E-state index contributed by atoms with van der Waals surface area (Å²) in [6.07, 6.45) is 0. The van der Waals surface area contributed by atoms with E-state index in [0.29, 0.717) is 11.3 Å². The number of furan rings is 1. The molecule has 112 valence electrons. The van der Waals surface area contributed by atoms with Gasteiger partial charge in [0, 0.05) is 12.4 Å². The van der Waals surface area contributed by atoms with Gasteiger partial charge in [0.15, 0.2) is 5.76 Å². The number of para-hydroxylation sites is 1. The van der Waals surface area contributed by atoms with E-state index in [4.69, 9.17) is 4.42 Å². The maximum Gasteiger partial charge on any atom is 0.289 e. The van der Waals surface area contributed by atoms with Crippen LogP contribution in [-0.4, -0.2) is 17.9 Å². The fourth-order valence-electron chi connectivity index (χ4n) is 2.40. The van der Waals surface area contributed by atoms with Crippen LogP contribution in [0.1, 0.15) is 29.1 Å². The van der Waals surface area contributed by atoms with Crippen LogP contribution >= 0.6 is 0 Å². The van der Waals surface area contributed by atoms with E-state index in [0.717, 1.165) is 10.9 Å². The molecule has 0 aliphatic heterocycles. The normalized spacial score (nSPS) is 12.3. The van der Waals surface area contributed by atoms with Gasteiger partial charge in [-0.15, -0.1) is 0 Å². The second-order valence-electron chi connectivity index (χ2n) is 5.29. The Balaban J connectivity index is 1.85. The Bertz CT molecular complexity index is 774. The van der Waals surface area contributed by atoms with Gasteiger partial charge in [-0.2, -0.15) is 0 Å². The van der Waals surface area contributed by atoms with E-state index in [-0.39, 0.29) is 17.8 Å². The molecule has 0 fully saturated rings. The van der Waals surface area contributed by atoms with Crippen LogP contribution in [0.25, 0.3) is 11.0 Å². The smallest absolute Gasteiger partial charge is 0.289 e. The number of carbonyl (C=O) groups excluding carboxylic acids is 1. The number of rotatable bonds is 3. The van der Waals surface area contributed by atoms with Crippen molar-refractivity contribution in [1.82, 2.24) is 4.90 Å². The van der Waals surface area contributed by atoms with Crippen molar-refractivity contribution in [3.05, 3.63) is 71.7 Å². The van der Waals surface area contributed by atoms with Crippen LogP contribution in [0.2, 0.25) is 0 Å². The zero-order valence-corrected chi connectivity index (χ0v) is 12.4. The first-order chi connectivity index (χ1) is 10.6. The summed E-state index contributed by atoms with van der Waals surface area (Å²) in [4.78, 5) is 14.1. The molecule has 0 radical (unpaired) electrons. The molecule has 0 spiro atoms. The quantitative estimate of drug-likeness (QED) is 0.717. The van der Waals surface area contributed by atoms with E-state index in [9.17, 15) is 9.18 Å². The largest absolute Gasteiger partial charge is 0.451 e. The number of hydrogen-bond acceptors (Lipinski definition) is 2. The zero-order chi connectivity index (χ0) is 15.7. The molecular weight excluding hydrogens is 281 g/mol. The van der Waals surface area contributed by atoms with E-state index in [1.165, 1.54) is 12.1 Å². The van der Waals surface area contributed by atoms with Crippen molar-refractivity contribution < 1.29 is 13.6 Å². The van der Waals surface area contributed by atoms with Crippen LogP contribution in [-0.2, 0) is 0 Å². The van der Waals surface area contributed by atoms with Gasteiger partial charge >= 0.3 is 0 Å². The third-order valence-corrected chi connectivity index (χ3v) is 3.89. The molecule has 0 N–H and O–H groups in total. The first-order valence-corrected chi connectivity index (χ1v) is 7.07. The summed E-state index contributed by atoms with van der Waals surface area (Å²) >= 11 is 0. The minimum atomic E-state index is -0.290. The minimum Gasteiger partial charge on any atom is -0.451 e. The highest BCUT2D eigenvalue weighted by molar-refractivity contribution is 5.96. The van der Waals surface area contributed by atoms with Crippen LogP contribution in [0.4, 0.5) is 4.39 Å². The summed E-state index contributed by atoms with van der Waals surface area (Å²) in [6, 6.07) is 15.2. The molecule has 3 nitrogen and oxygen atoms in total. The molecule has 2 aromatic carbocycles. The summed E-state index contributed by atoms with van der Waals surface area (Å²) in [5.74, 6) is -0.187. The summed E-state index contributed by atoms with van der Waals surface area (Å²) in [5.41, 5.74) is 1.56. The van der Waals surface area contributed by atoms with Crippen molar-refractivity contribution in [2.45, 2.75) is 13.0 Å². The molecule has 0 aliphatic carbocycles. The molecule has 3 aromatic rings. The van der Waals surface area contributed by atoms with Crippen LogP contribution in [0.15, 0.2) is 59.0 Å². The number of halogens is 1. The average molecular weight is 297 g/mol. The molecule has 0 bridgehead atoms. The number of fused-ring (bicyclic) bond motifs is 1. The minimum absolute atomic E-state index is 0.179. The van der Waals surface area contributed by atoms with Gasteiger partial charge in [0.1, 0.15) is 11.4 Å². The lowest BCUT2D eigenvalue weighted by Crippen LogP contribution is -2.29. The fourth-order valence-corrected chi connectivity index (χ4v) is 2.40. The van der Waals surface area contributed by atoms with Gasteiger partial charge in [0.25, 0.3) is 5.91 Å². The van der Waals surface area contributed by atoms with E-state index in [1.54, 1.807) is 30.1 Å². The van der Waals surface area contributed by atoms with E-state index in [2.05, 4.69) is 0 Å². The first-order valence-electron chi connectivity index (χ1n) is 7.07. The molecule has 1 heterocycles. The van der Waals surface area contributed by atoms with Crippen LogP contribution in [0.5, 0.6) is 0 Å². The molecule has 22 heavy (non-hydrogen) atoms. The number of nitrogens with zero attached hydrogens (tertiary/aromatic N) is 1. The van der Waals surface area contributed by atoms with Crippen molar-refractivity contribution in [3.63, 3.8) is 0 Å². The van der Waals surface area contributed by atoms with Crippen molar-refractivity contribution in [1.29, 1.82) is 0 Å². The van der Waals surface area contributed by atoms with E-state index in [1.807, 2.05) is 31.2 Å². The maximum absolute atomic E-state index is 13.0. The molecule has 0 saturated carbocycles. The Labute approximate surface area is 128 Å². The van der Waals surface area contributed by atoms with Gasteiger partial charge in [-0.3, -0.25) is 4.79 Å². The highest BCUT2D eigenvalue weighted by Crippen LogP contribution is 2.24. The van der Waals surface area contributed by atoms with Gasteiger partial charge < -0.3 is 9.32 Å². The molecule has 1 amide bonds. The Morgan fingerprint density at radius 1 is 1.14 bits per heavy atom. The highest BCUT2D eigenvalue weighted by Gasteiger charge is 2.22. The Hall–Kier alpha value is -2.62. The van der Waals surface area contributed by atoms with Crippen LogP contribution in [0.3, 0.4) is 0 Å². The van der Waals surface area contributed by atoms with E-state index < -0.39 is 0 Å². The molecule has 4 heteroatoms. The predicted octanol–water partition coefficient (Wildman–Crippen LogP) is 4.41. The maximum atomic E-state index is 13.0. The molecule has 1 aromatic heterocycles. The second kappa shape index (κ2) is 5.64. The van der Waals surface area contributed by atoms with E-state index >= 15 is 0 Å².